The van der Waals surface area contributed by atoms with Crippen LogP contribution in [0.25, 0.3) is 5.69 Å². The highest BCUT2D eigenvalue weighted by molar-refractivity contribution is 5.92. The summed E-state index contributed by atoms with van der Waals surface area (Å²) in [6.07, 6.45) is 0.715. The van der Waals surface area contributed by atoms with Gasteiger partial charge in [-0.2, -0.15) is 9.78 Å². The average Bonchev–Trinajstić information content (AvgIpc) is 3.42. The maximum Gasteiger partial charge on any atom is 0.271 e. The molecule has 0 radical (unpaired) electrons. The minimum absolute atomic E-state index is 0.0626. The molecule has 0 saturated heterocycles. The molecule has 1 N–H and O–H groups in total. The van der Waals surface area contributed by atoms with Crippen LogP contribution in [0.3, 0.4) is 0 Å². The lowest BCUT2D eigenvalue weighted by Gasteiger charge is -2.08. The van der Waals surface area contributed by atoms with Crippen LogP contribution in [-0.4, -0.2) is 21.7 Å². The lowest BCUT2D eigenvalue weighted by molar-refractivity contribution is 0.0943. The summed E-state index contributed by atoms with van der Waals surface area (Å²) in [6.45, 7) is 0. The first-order valence-electron chi connectivity index (χ1n) is 8.44. The zero-order chi connectivity index (χ0) is 19.0. The minimum Gasteiger partial charge on any atom is -0.347 e. The maximum absolute atomic E-state index is 13.3. The van der Waals surface area contributed by atoms with Crippen molar-refractivity contribution in [1.82, 2.24) is 15.1 Å². The molecular formula is C20H15F2N3O2. The molecule has 1 saturated carbocycles. The Balaban J connectivity index is 1.51. The monoisotopic (exact) mass is 367 g/mol. The van der Waals surface area contributed by atoms with Crippen molar-refractivity contribution in [2.45, 2.75) is 18.4 Å². The first-order chi connectivity index (χ1) is 13.0. The minimum atomic E-state index is -0.433. The number of carbonyl (C=O) groups excluding carboxylic acids is 1. The molecule has 1 aliphatic carbocycles. The van der Waals surface area contributed by atoms with Gasteiger partial charge < -0.3 is 5.32 Å². The quantitative estimate of drug-likeness (QED) is 0.771. The van der Waals surface area contributed by atoms with Gasteiger partial charge in [-0.15, -0.1) is 0 Å². The van der Waals surface area contributed by atoms with Crippen molar-refractivity contribution in [3.63, 3.8) is 0 Å². The Hall–Kier alpha value is -3.35. The molecule has 0 unspecified atom stereocenters. The van der Waals surface area contributed by atoms with Crippen LogP contribution in [0, 0.1) is 11.6 Å². The van der Waals surface area contributed by atoms with Crippen LogP contribution in [0.15, 0.2) is 65.5 Å². The van der Waals surface area contributed by atoms with Gasteiger partial charge in [-0.3, -0.25) is 9.59 Å². The highest BCUT2D eigenvalue weighted by atomic mass is 19.1. The molecule has 2 aromatic carbocycles. The van der Waals surface area contributed by atoms with Crippen LogP contribution in [0.2, 0.25) is 0 Å². The fourth-order valence-corrected chi connectivity index (χ4v) is 3.00. The van der Waals surface area contributed by atoms with Gasteiger partial charge >= 0.3 is 0 Å². The summed E-state index contributed by atoms with van der Waals surface area (Å²) in [7, 11) is 0. The van der Waals surface area contributed by atoms with E-state index in [-0.39, 0.29) is 23.5 Å². The normalized spacial score (nSPS) is 18.1. The molecule has 2 atom stereocenters. The molecule has 1 aliphatic rings. The zero-order valence-electron chi connectivity index (χ0n) is 14.1. The molecule has 7 heteroatoms. The number of carbonyl (C=O) groups is 1. The van der Waals surface area contributed by atoms with Gasteiger partial charge in [0.25, 0.3) is 11.5 Å². The second-order valence-corrected chi connectivity index (χ2v) is 6.42. The molecule has 4 rings (SSSR count). The summed E-state index contributed by atoms with van der Waals surface area (Å²) >= 11 is 0. The van der Waals surface area contributed by atoms with Gasteiger partial charge in [-0.25, -0.2) is 8.78 Å². The first-order valence-corrected chi connectivity index (χ1v) is 8.44. The van der Waals surface area contributed by atoms with Crippen molar-refractivity contribution in [2.75, 3.05) is 0 Å². The Morgan fingerprint density at radius 1 is 1.04 bits per heavy atom. The summed E-state index contributed by atoms with van der Waals surface area (Å²) in [4.78, 5) is 24.5. The fourth-order valence-electron chi connectivity index (χ4n) is 3.00. The standard InChI is InChI=1S/C20H15F2N3O2/c21-13-4-6-15(7-5-13)25-19(26)9-8-17(24-25)20(27)23-18-11-16(18)12-2-1-3-14(22)10-12/h1-10,16,18H,11H2,(H,23,27)/t16-,18-/m0/s1. The summed E-state index contributed by atoms with van der Waals surface area (Å²) in [5.74, 6) is -1.10. The number of rotatable bonds is 4. The van der Waals surface area contributed by atoms with Crippen molar-refractivity contribution in [3.8, 4) is 5.69 Å². The number of halogens is 2. The summed E-state index contributed by atoms with van der Waals surface area (Å²) in [6, 6.07) is 14.0. The maximum atomic E-state index is 13.3. The van der Waals surface area contributed by atoms with E-state index in [4.69, 9.17) is 0 Å². The van der Waals surface area contributed by atoms with Crippen molar-refractivity contribution in [1.29, 1.82) is 0 Å². The Labute approximate surface area is 153 Å². The Morgan fingerprint density at radius 3 is 2.56 bits per heavy atom. The van der Waals surface area contributed by atoms with Gasteiger partial charge in [-0.05, 0) is 54.4 Å². The molecule has 1 amide bonds. The largest absolute Gasteiger partial charge is 0.347 e. The molecule has 5 nitrogen and oxygen atoms in total. The second kappa shape index (κ2) is 6.75. The van der Waals surface area contributed by atoms with E-state index in [1.54, 1.807) is 6.07 Å². The average molecular weight is 367 g/mol. The highest BCUT2D eigenvalue weighted by Gasteiger charge is 2.40. The molecule has 0 aliphatic heterocycles. The van der Waals surface area contributed by atoms with E-state index >= 15 is 0 Å². The third-order valence-electron chi connectivity index (χ3n) is 4.49. The van der Waals surface area contributed by atoms with Gasteiger partial charge in [-0.1, -0.05) is 12.1 Å². The fraction of sp³-hybridized carbons (Fsp3) is 0.150. The molecule has 0 bridgehead atoms. The van der Waals surface area contributed by atoms with Crippen molar-refractivity contribution in [2.24, 2.45) is 0 Å². The van der Waals surface area contributed by atoms with Crippen LogP contribution in [0.1, 0.15) is 28.4 Å². The van der Waals surface area contributed by atoms with E-state index in [2.05, 4.69) is 10.4 Å². The zero-order valence-corrected chi connectivity index (χ0v) is 14.1. The van der Waals surface area contributed by atoms with E-state index in [0.29, 0.717) is 12.1 Å². The number of aromatic nitrogens is 2. The lowest BCUT2D eigenvalue weighted by atomic mass is 10.1. The number of hydrogen-bond donors (Lipinski definition) is 1. The van der Waals surface area contributed by atoms with Crippen molar-refractivity contribution in [3.05, 3.63) is 93.9 Å². The number of hydrogen-bond acceptors (Lipinski definition) is 3. The predicted octanol–water partition coefficient (Wildman–Crippen LogP) is 2.80. The van der Waals surface area contributed by atoms with Gasteiger partial charge in [0, 0.05) is 18.0 Å². The number of amides is 1. The Morgan fingerprint density at radius 2 is 1.81 bits per heavy atom. The summed E-state index contributed by atoms with van der Waals surface area (Å²) in [5, 5.41) is 6.92. The number of benzene rings is 2. The van der Waals surface area contributed by atoms with Crippen LogP contribution in [0.5, 0.6) is 0 Å². The number of nitrogens with zero attached hydrogens (tertiary/aromatic N) is 2. The van der Waals surface area contributed by atoms with E-state index in [9.17, 15) is 18.4 Å². The highest BCUT2D eigenvalue weighted by Crippen LogP contribution is 2.40. The third-order valence-corrected chi connectivity index (χ3v) is 4.49. The topological polar surface area (TPSA) is 64.0 Å². The Bertz CT molecular complexity index is 1060. The molecule has 1 heterocycles. The van der Waals surface area contributed by atoms with Gasteiger partial charge in [0.1, 0.15) is 17.3 Å². The molecule has 27 heavy (non-hydrogen) atoms. The molecule has 3 aromatic rings. The van der Waals surface area contributed by atoms with Crippen LogP contribution in [-0.2, 0) is 0 Å². The SMILES string of the molecule is O=C(N[C@H]1C[C@H]1c1cccc(F)c1)c1ccc(=O)n(-c2ccc(F)cc2)n1. The summed E-state index contributed by atoms with van der Waals surface area (Å²) in [5.41, 5.74) is 0.843. The van der Waals surface area contributed by atoms with E-state index in [0.717, 1.165) is 10.2 Å². The van der Waals surface area contributed by atoms with E-state index in [1.165, 1.54) is 48.5 Å². The van der Waals surface area contributed by atoms with Crippen molar-refractivity contribution >= 4 is 5.91 Å². The van der Waals surface area contributed by atoms with Crippen molar-refractivity contribution < 1.29 is 13.6 Å². The molecule has 0 spiro atoms. The third kappa shape index (κ3) is 3.62. The van der Waals surface area contributed by atoms with Gasteiger partial charge in [0.2, 0.25) is 0 Å². The molecule has 136 valence electrons. The van der Waals surface area contributed by atoms with Crippen LogP contribution < -0.4 is 10.9 Å². The smallest absolute Gasteiger partial charge is 0.271 e. The van der Waals surface area contributed by atoms with Gasteiger partial charge in [0.15, 0.2) is 0 Å². The second-order valence-electron chi connectivity index (χ2n) is 6.42. The molecular weight excluding hydrogens is 352 g/mol. The Kier molecular flexibility index (Phi) is 4.27. The molecule has 1 fully saturated rings. The number of nitrogens with one attached hydrogen (secondary N) is 1. The predicted molar refractivity (Wildman–Crippen MR) is 94.8 cm³/mol. The van der Waals surface area contributed by atoms with E-state index < -0.39 is 17.3 Å². The first kappa shape index (κ1) is 17.1. The summed E-state index contributed by atoms with van der Waals surface area (Å²) < 4.78 is 27.4. The van der Waals surface area contributed by atoms with Crippen LogP contribution in [0.4, 0.5) is 8.78 Å². The van der Waals surface area contributed by atoms with Crippen LogP contribution >= 0.6 is 0 Å². The molecule has 1 aromatic heterocycles. The van der Waals surface area contributed by atoms with Gasteiger partial charge in [0.05, 0.1) is 5.69 Å². The van der Waals surface area contributed by atoms with E-state index in [1.807, 2.05) is 6.07 Å². The lowest BCUT2D eigenvalue weighted by Crippen LogP contribution is -2.30.